The van der Waals surface area contributed by atoms with Crippen molar-refractivity contribution in [1.82, 2.24) is 0 Å². The lowest BCUT2D eigenvalue weighted by Gasteiger charge is -2.09. The van der Waals surface area contributed by atoms with E-state index in [1.807, 2.05) is 24.3 Å². The number of hydrogen-bond donors (Lipinski definition) is 0. The molecule has 0 aromatic heterocycles. The third-order valence-electron chi connectivity index (χ3n) is 6.62. The smallest absolute Gasteiger partial charge is 0.343 e. The van der Waals surface area contributed by atoms with Gasteiger partial charge in [-0.25, -0.2) is 14.6 Å². The summed E-state index contributed by atoms with van der Waals surface area (Å²) in [5.74, 6) is 1.92. The van der Waals surface area contributed by atoms with E-state index >= 15 is 0 Å². The maximum absolute atomic E-state index is 12.6. The number of hydrogen-bond acceptors (Lipinski definition) is 10. The molecule has 0 unspecified atom stereocenters. The van der Waals surface area contributed by atoms with Gasteiger partial charge in [-0.2, -0.15) is 9.78 Å². The Balaban J connectivity index is 1.25. The van der Waals surface area contributed by atoms with E-state index in [1.54, 1.807) is 54.6 Å². The van der Waals surface area contributed by atoms with Gasteiger partial charge in [0.2, 0.25) is 0 Å². The Kier molecular flexibility index (Phi) is 18.9. The van der Waals surface area contributed by atoms with Crippen LogP contribution in [0.4, 0.5) is 0 Å². The zero-order valence-electron chi connectivity index (χ0n) is 27.0. The first-order valence-electron chi connectivity index (χ1n) is 16.0. The summed E-state index contributed by atoms with van der Waals surface area (Å²) in [6.45, 7) is 10.0. The quantitative estimate of drug-likeness (QED) is 0.0152. The van der Waals surface area contributed by atoms with Crippen LogP contribution in [0.3, 0.4) is 0 Å². The second-order valence-corrected chi connectivity index (χ2v) is 10.4. The Morgan fingerprint density at radius 1 is 0.553 bits per heavy atom. The van der Waals surface area contributed by atoms with Crippen LogP contribution in [0.15, 0.2) is 98.3 Å². The summed E-state index contributed by atoms with van der Waals surface area (Å²) in [5.41, 5.74) is 1.36. The fraction of sp³-hybridized carbons (Fsp3) is 0.378. The maximum atomic E-state index is 12.6. The lowest BCUT2D eigenvalue weighted by molar-refractivity contribution is -0.286. The Labute approximate surface area is 277 Å². The van der Waals surface area contributed by atoms with Gasteiger partial charge in [0.05, 0.1) is 32.0 Å². The van der Waals surface area contributed by atoms with Gasteiger partial charge in [0.1, 0.15) is 36.7 Å². The van der Waals surface area contributed by atoms with Crippen LogP contribution in [0.1, 0.15) is 67.3 Å². The van der Waals surface area contributed by atoms with Crippen LogP contribution in [0.5, 0.6) is 23.0 Å². The van der Waals surface area contributed by atoms with E-state index in [1.165, 1.54) is 6.26 Å². The first-order chi connectivity index (χ1) is 23.2. The van der Waals surface area contributed by atoms with Crippen molar-refractivity contribution in [2.24, 2.45) is 0 Å². The van der Waals surface area contributed by atoms with Gasteiger partial charge >= 0.3 is 5.97 Å². The number of esters is 1. The second kappa shape index (κ2) is 23.9. The molecule has 0 N–H and O–H groups in total. The van der Waals surface area contributed by atoms with Crippen molar-refractivity contribution in [3.8, 4) is 23.0 Å². The van der Waals surface area contributed by atoms with Crippen LogP contribution in [0, 0.1) is 0 Å². The van der Waals surface area contributed by atoms with E-state index < -0.39 is 5.97 Å². The molecular formula is C37H46O10. The van der Waals surface area contributed by atoms with Gasteiger partial charge < -0.3 is 24.0 Å². The monoisotopic (exact) mass is 650 g/mol. The first kappa shape index (κ1) is 37.1. The Hall–Kier alpha value is -4.35. The van der Waals surface area contributed by atoms with E-state index in [9.17, 15) is 4.79 Å². The minimum atomic E-state index is -0.465. The topological polar surface area (TPSA) is 100 Å². The maximum Gasteiger partial charge on any atom is 0.343 e. The highest BCUT2D eigenvalue weighted by atomic mass is 17.2. The fourth-order valence-electron chi connectivity index (χ4n) is 4.13. The van der Waals surface area contributed by atoms with Crippen molar-refractivity contribution in [3.63, 3.8) is 0 Å². The lowest BCUT2D eigenvalue weighted by Crippen LogP contribution is -2.08. The van der Waals surface area contributed by atoms with Crippen LogP contribution in [0.2, 0.25) is 0 Å². The normalized spacial score (nSPS) is 10.6. The van der Waals surface area contributed by atoms with E-state index in [0.29, 0.717) is 55.8 Å². The predicted octanol–water partition coefficient (Wildman–Crippen LogP) is 8.52. The summed E-state index contributed by atoms with van der Waals surface area (Å²) < 4.78 is 17.1. The molecule has 0 radical (unpaired) electrons. The molecule has 0 aliphatic heterocycles. The fourth-order valence-corrected chi connectivity index (χ4v) is 4.13. The van der Waals surface area contributed by atoms with Crippen LogP contribution < -0.4 is 19.1 Å². The largest absolute Gasteiger partial charge is 0.494 e. The van der Waals surface area contributed by atoms with Crippen molar-refractivity contribution < 1.29 is 48.3 Å². The number of benzene rings is 3. The van der Waals surface area contributed by atoms with Crippen molar-refractivity contribution >= 4 is 5.97 Å². The highest BCUT2D eigenvalue weighted by Crippen LogP contribution is 2.21. The van der Waals surface area contributed by atoms with Gasteiger partial charge in [-0.15, -0.1) is 6.58 Å². The van der Waals surface area contributed by atoms with Crippen LogP contribution in [-0.2, 0) is 31.0 Å². The van der Waals surface area contributed by atoms with E-state index in [2.05, 4.69) is 18.0 Å². The Morgan fingerprint density at radius 2 is 1.09 bits per heavy atom. The summed E-state index contributed by atoms with van der Waals surface area (Å²) in [6.07, 6.45) is 10.8. The van der Waals surface area contributed by atoms with Gasteiger partial charge in [-0.3, -0.25) is 0 Å². The molecule has 10 heteroatoms. The van der Waals surface area contributed by atoms with E-state index in [4.69, 9.17) is 38.6 Å². The van der Waals surface area contributed by atoms with Gasteiger partial charge in [0, 0.05) is 0 Å². The zero-order valence-corrected chi connectivity index (χ0v) is 27.0. The molecule has 3 aromatic rings. The lowest BCUT2D eigenvalue weighted by atomic mass is 10.2. The Bertz CT molecular complexity index is 1260. The van der Waals surface area contributed by atoms with Crippen molar-refractivity contribution in [3.05, 3.63) is 109 Å². The van der Waals surface area contributed by atoms with Crippen LogP contribution >= 0.6 is 0 Å². The summed E-state index contributed by atoms with van der Waals surface area (Å²) in [7, 11) is 0. The highest BCUT2D eigenvalue weighted by Gasteiger charge is 2.09. The molecule has 0 atom stereocenters. The minimum Gasteiger partial charge on any atom is -0.494 e. The second-order valence-electron chi connectivity index (χ2n) is 10.4. The Morgan fingerprint density at radius 3 is 1.68 bits per heavy atom. The summed E-state index contributed by atoms with van der Waals surface area (Å²) in [6, 6.07) is 21.2. The SMILES string of the molecule is C=CCOOCCCCCCOc1ccc(COOc2ccc(OC(=O)c3ccc(OCCCCCCOOC=C)cc3)cc2)cc1. The van der Waals surface area contributed by atoms with Gasteiger partial charge in [0.25, 0.3) is 0 Å². The average Bonchev–Trinajstić information content (AvgIpc) is 3.10. The first-order valence-corrected chi connectivity index (χ1v) is 16.0. The van der Waals surface area contributed by atoms with Gasteiger partial charge in [-0.05, 0) is 105 Å². The molecule has 0 saturated heterocycles. The van der Waals surface area contributed by atoms with Crippen molar-refractivity contribution in [2.45, 2.75) is 58.0 Å². The van der Waals surface area contributed by atoms with Crippen LogP contribution in [-0.4, -0.2) is 39.0 Å². The van der Waals surface area contributed by atoms with E-state index in [-0.39, 0.29) is 6.61 Å². The number of carbonyl (C=O) groups is 1. The predicted molar refractivity (Wildman–Crippen MR) is 177 cm³/mol. The highest BCUT2D eigenvalue weighted by molar-refractivity contribution is 5.91. The summed E-state index contributed by atoms with van der Waals surface area (Å²) in [5, 5.41) is 0. The standard InChI is InChI=1S/C37H46O10/c1-3-25-42-44-29-12-8-6-9-26-39-33-17-13-31(14-18-33)30-45-47-36-23-21-35(22-24-36)46-37(38)32-15-19-34(20-16-32)40-27-10-5-7-11-28-43-41-4-2/h3-4,13-24H,1-2,5-12,25-30H2. The molecule has 10 nitrogen and oxygen atoms in total. The molecule has 254 valence electrons. The third-order valence-corrected chi connectivity index (χ3v) is 6.62. The van der Waals surface area contributed by atoms with E-state index in [0.717, 1.165) is 62.7 Å². The molecule has 0 fully saturated rings. The molecule has 0 aliphatic carbocycles. The molecule has 0 aliphatic rings. The third kappa shape index (κ3) is 16.7. The number of unbranched alkanes of at least 4 members (excludes halogenated alkanes) is 6. The average molecular weight is 651 g/mol. The minimum absolute atomic E-state index is 0.261. The summed E-state index contributed by atoms with van der Waals surface area (Å²) in [4.78, 5) is 42.8. The molecule has 0 saturated carbocycles. The van der Waals surface area contributed by atoms with Crippen molar-refractivity contribution in [1.29, 1.82) is 0 Å². The molecule has 47 heavy (non-hydrogen) atoms. The molecule has 0 bridgehead atoms. The molecule has 0 heterocycles. The molecular weight excluding hydrogens is 604 g/mol. The van der Waals surface area contributed by atoms with Gasteiger partial charge in [-0.1, -0.05) is 37.6 Å². The molecule has 3 rings (SSSR count). The number of ether oxygens (including phenoxy) is 3. The van der Waals surface area contributed by atoms with Crippen molar-refractivity contribution in [2.75, 3.05) is 33.0 Å². The molecule has 0 spiro atoms. The molecule has 0 amide bonds. The zero-order chi connectivity index (χ0) is 33.2. The molecule has 3 aromatic carbocycles. The van der Waals surface area contributed by atoms with Crippen LogP contribution in [0.25, 0.3) is 0 Å². The summed E-state index contributed by atoms with van der Waals surface area (Å²) >= 11 is 0. The number of rotatable bonds is 27. The number of carbonyl (C=O) groups excluding carboxylic acids is 1. The van der Waals surface area contributed by atoms with Gasteiger partial charge in [0.15, 0.2) is 5.75 Å².